The molecule has 0 saturated heterocycles. The number of benzene rings is 2. The van der Waals surface area contributed by atoms with Crippen LogP contribution >= 0.6 is 0 Å². The fourth-order valence-corrected chi connectivity index (χ4v) is 3.78. The van der Waals surface area contributed by atoms with E-state index in [0.29, 0.717) is 5.56 Å². The van der Waals surface area contributed by atoms with Crippen LogP contribution in [-0.2, 0) is 0 Å². The van der Waals surface area contributed by atoms with Gasteiger partial charge in [0.25, 0.3) is 0 Å². The van der Waals surface area contributed by atoms with Gasteiger partial charge >= 0.3 is 0 Å². The highest BCUT2D eigenvalue weighted by atomic mass is 16.3. The Bertz CT molecular complexity index is 1280. The van der Waals surface area contributed by atoms with Crippen LogP contribution in [0.4, 0.5) is 0 Å². The van der Waals surface area contributed by atoms with E-state index in [1.807, 2.05) is 0 Å². The zero-order valence-corrected chi connectivity index (χ0v) is 15.9. The van der Waals surface area contributed by atoms with Crippen LogP contribution in [0.2, 0.25) is 0 Å². The lowest BCUT2D eigenvalue weighted by atomic mass is 9.81. The Kier molecular flexibility index (Phi) is 4.24. The van der Waals surface area contributed by atoms with Crippen molar-refractivity contribution >= 4 is 22.5 Å². The average Bonchev–Trinajstić information content (AvgIpc) is 2.69. The Morgan fingerprint density at radius 2 is 1.79 bits per heavy atom. The van der Waals surface area contributed by atoms with Crippen molar-refractivity contribution in [1.29, 1.82) is 0 Å². The predicted molar refractivity (Wildman–Crippen MR) is 107 cm³/mol. The third kappa shape index (κ3) is 2.64. The topological polar surface area (TPSA) is 105 Å². The summed E-state index contributed by atoms with van der Waals surface area (Å²) < 4.78 is 5.92. The molecule has 0 spiro atoms. The number of aliphatic hydroxyl groups is 1. The van der Waals surface area contributed by atoms with Gasteiger partial charge in [0, 0.05) is 23.1 Å². The van der Waals surface area contributed by atoms with Crippen molar-refractivity contribution in [3.63, 3.8) is 0 Å². The minimum Gasteiger partial charge on any atom is -0.507 e. The van der Waals surface area contributed by atoms with Crippen LogP contribution in [0.5, 0.6) is 5.75 Å². The first-order valence-corrected chi connectivity index (χ1v) is 9.09. The van der Waals surface area contributed by atoms with Gasteiger partial charge in [-0.2, -0.15) is 0 Å². The van der Waals surface area contributed by atoms with E-state index in [4.69, 9.17) is 4.42 Å². The van der Waals surface area contributed by atoms with E-state index in [1.54, 1.807) is 13.8 Å². The van der Waals surface area contributed by atoms with Crippen molar-refractivity contribution in [2.24, 2.45) is 0 Å². The van der Waals surface area contributed by atoms with Crippen LogP contribution in [0.15, 0.2) is 52.2 Å². The van der Waals surface area contributed by atoms with Crippen LogP contribution in [0.25, 0.3) is 11.0 Å². The van der Waals surface area contributed by atoms with E-state index in [1.165, 1.54) is 36.4 Å². The van der Waals surface area contributed by atoms with Crippen molar-refractivity contribution in [2.45, 2.75) is 25.9 Å². The summed E-state index contributed by atoms with van der Waals surface area (Å²) in [7, 11) is 0. The number of phenolic OH excluding ortho intramolecular Hbond substituents is 1. The average molecular weight is 390 g/mol. The SMILES string of the molecule is C=CC(O)[C@@H](C)c1cc(=O)c2c(C)cc3c(c2o1)C(=O)c1c(O)cccc1C3=O. The summed E-state index contributed by atoms with van der Waals surface area (Å²) in [5.41, 5.74) is 0.170. The predicted octanol–water partition coefficient (Wildman–Crippen LogP) is 3.23. The molecule has 0 saturated carbocycles. The number of aromatic hydroxyl groups is 1. The molecular weight excluding hydrogens is 372 g/mol. The zero-order valence-electron chi connectivity index (χ0n) is 15.9. The van der Waals surface area contributed by atoms with Gasteiger partial charge in [0.2, 0.25) is 5.78 Å². The molecule has 2 atom stereocenters. The number of aryl methyl sites for hydroxylation is 1. The molecule has 0 aliphatic heterocycles. The van der Waals surface area contributed by atoms with E-state index in [0.717, 1.165) is 0 Å². The quantitative estimate of drug-likeness (QED) is 0.521. The van der Waals surface area contributed by atoms with Crippen LogP contribution in [0, 0.1) is 6.92 Å². The summed E-state index contributed by atoms with van der Waals surface area (Å²) in [6.07, 6.45) is 0.363. The van der Waals surface area contributed by atoms with E-state index in [-0.39, 0.29) is 50.2 Å². The van der Waals surface area contributed by atoms with Crippen molar-refractivity contribution in [1.82, 2.24) is 0 Å². The number of fused-ring (bicyclic) bond motifs is 4. The third-order valence-corrected chi connectivity index (χ3v) is 5.41. The van der Waals surface area contributed by atoms with Gasteiger partial charge in [-0.1, -0.05) is 25.1 Å². The van der Waals surface area contributed by atoms with Gasteiger partial charge in [-0.15, -0.1) is 6.58 Å². The number of carbonyl (C=O) groups is 2. The van der Waals surface area contributed by atoms with Crippen molar-refractivity contribution in [3.8, 4) is 5.75 Å². The molecule has 1 unspecified atom stereocenters. The van der Waals surface area contributed by atoms with Crippen molar-refractivity contribution < 1.29 is 24.2 Å². The van der Waals surface area contributed by atoms with Gasteiger partial charge in [-0.3, -0.25) is 14.4 Å². The van der Waals surface area contributed by atoms with Crippen molar-refractivity contribution in [3.05, 3.63) is 86.8 Å². The molecule has 6 heteroatoms. The normalized spacial score (nSPS) is 15.0. The molecule has 2 N–H and O–H groups in total. The first kappa shape index (κ1) is 18.8. The van der Waals surface area contributed by atoms with Crippen LogP contribution in [0.1, 0.15) is 56.0 Å². The maximum atomic E-state index is 13.2. The van der Waals surface area contributed by atoms with Crippen molar-refractivity contribution in [2.75, 3.05) is 0 Å². The van der Waals surface area contributed by atoms with Gasteiger partial charge in [-0.05, 0) is 24.6 Å². The van der Waals surface area contributed by atoms with E-state index >= 15 is 0 Å². The Balaban J connectivity index is 2.10. The number of aliphatic hydroxyl groups excluding tert-OH is 1. The molecule has 2 aromatic carbocycles. The number of hydrogen-bond acceptors (Lipinski definition) is 6. The second kappa shape index (κ2) is 6.53. The zero-order chi connectivity index (χ0) is 21.0. The molecule has 0 radical (unpaired) electrons. The number of rotatable bonds is 3. The number of carbonyl (C=O) groups excluding carboxylic acids is 2. The molecule has 0 bridgehead atoms. The molecule has 3 aromatic rings. The first-order chi connectivity index (χ1) is 13.8. The van der Waals surface area contributed by atoms with Gasteiger partial charge in [-0.25, -0.2) is 0 Å². The molecule has 29 heavy (non-hydrogen) atoms. The minimum atomic E-state index is -0.960. The molecule has 0 amide bonds. The molecule has 1 aromatic heterocycles. The summed E-state index contributed by atoms with van der Waals surface area (Å²) in [5, 5.41) is 20.4. The maximum Gasteiger partial charge on any atom is 0.202 e. The van der Waals surface area contributed by atoms with Gasteiger partial charge in [0.05, 0.1) is 22.6 Å². The summed E-state index contributed by atoms with van der Waals surface area (Å²) in [5.74, 6) is -1.74. The van der Waals surface area contributed by atoms with E-state index in [9.17, 15) is 24.6 Å². The largest absolute Gasteiger partial charge is 0.507 e. The molecule has 6 nitrogen and oxygen atoms in total. The van der Waals surface area contributed by atoms with Gasteiger partial charge in [0.1, 0.15) is 17.1 Å². The molecule has 0 fully saturated rings. The summed E-state index contributed by atoms with van der Waals surface area (Å²) in [4.78, 5) is 39.1. The summed E-state index contributed by atoms with van der Waals surface area (Å²) in [6, 6.07) is 7.08. The number of phenols is 1. The Morgan fingerprint density at radius 1 is 1.07 bits per heavy atom. The smallest absolute Gasteiger partial charge is 0.202 e. The Morgan fingerprint density at radius 3 is 2.48 bits per heavy atom. The highest BCUT2D eigenvalue weighted by Crippen LogP contribution is 2.37. The number of ketones is 2. The fourth-order valence-electron chi connectivity index (χ4n) is 3.78. The van der Waals surface area contributed by atoms with Crippen LogP contribution < -0.4 is 5.43 Å². The molecule has 1 heterocycles. The summed E-state index contributed by atoms with van der Waals surface area (Å²) >= 11 is 0. The molecule has 4 rings (SSSR count). The highest BCUT2D eigenvalue weighted by molar-refractivity contribution is 6.32. The summed E-state index contributed by atoms with van der Waals surface area (Å²) in [6.45, 7) is 6.86. The highest BCUT2D eigenvalue weighted by Gasteiger charge is 2.35. The fraction of sp³-hybridized carbons (Fsp3) is 0.174. The van der Waals surface area contributed by atoms with Crippen LogP contribution in [0.3, 0.4) is 0 Å². The van der Waals surface area contributed by atoms with Crippen LogP contribution in [-0.4, -0.2) is 27.9 Å². The lowest BCUT2D eigenvalue weighted by molar-refractivity contribution is 0.0977. The second-order valence-electron chi connectivity index (χ2n) is 7.21. The maximum absolute atomic E-state index is 13.2. The van der Waals surface area contributed by atoms with E-state index in [2.05, 4.69) is 6.58 Å². The Labute approximate surface area is 165 Å². The third-order valence-electron chi connectivity index (χ3n) is 5.41. The lowest BCUT2D eigenvalue weighted by Gasteiger charge is -2.21. The molecule has 1 aliphatic rings. The lowest BCUT2D eigenvalue weighted by Crippen LogP contribution is -2.23. The molecule has 146 valence electrons. The van der Waals surface area contributed by atoms with Gasteiger partial charge < -0.3 is 14.6 Å². The monoisotopic (exact) mass is 390 g/mol. The van der Waals surface area contributed by atoms with E-state index < -0.39 is 23.6 Å². The standard InChI is InChI=1S/C23H18O6/c1-4-14(24)11(3)17-9-16(26)18-10(2)8-13-20(23(18)29-17)22(28)19-12(21(13)27)6-5-7-15(19)25/h4-9,11,14,24-25H,1H2,2-3H3/t11-,14?/m1/s1. The number of hydrogen-bond donors (Lipinski definition) is 2. The minimum absolute atomic E-state index is 0.0159. The van der Waals surface area contributed by atoms with Gasteiger partial charge in [0.15, 0.2) is 11.2 Å². The second-order valence-corrected chi connectivity index (χ2v) is 7.21. The first-order valence-electron chi connectivity index (χ1n) is 9.09. The Hall–Kier alpha value is -3.51. The molecule has 1 aliphatic carbocycles. The molecular formula is C23H18O6.